The van der Waals surface area contributed by atoms with Gasteiger partial charge >= 0.3 is 12.1 Å². The fraction of sp³-hybridized carbons (Fsp3) is 0.312. The van der Waals surface area contributed by atoms with Gasteiger partial charge in [0, 0.05) is 11.9 Å². The molecule has 0 bridgehead atoms. The van der Waals surface area contributed by atoms with E-state index in [-0.39, 0.29) is 18.2 Å². The topological polar surface area (TPSA) is 79.7 Å². The van der Waals surface area contributed by atoms with Gasteiger partial charge in [0.15, 0.2) is 10.8 Å². The molecule has 0 fully saturated rings. The van der Waals surface area contributed by atoms with Gasteiger partial charge in [0.2, 0.25) is 0 Å². The lowest BCUT2D eigenvalue weighted by molar-refractivity contribution is 0.0691. The minimum Gasteiger partial charge on any atom is -0.476 e. The van der Waals surface area contributed by atoms with Gasteiger partial charge in [0.05, 0.1) is 0 Å². The smallest absolute Gasteiger partial charge is 0.416 e. The lowest BCUT2D eigenvalue weighted by atomic mass is 10.2. The van der Waals surface area contributed by atoms with E-state index in [0.717, 1.165) is 16.9 Å². The molecule has 6 nitrogen and oxygen atoms in total. The highest BCUT2D eigenvalue weighted by Crippen LogP contribution is 2.23. The van der Waals surface area contributed by atoms with Gasteiger partial charge in [-0.3, -0.25) is 4.90 Å². The Balaban J connectivity index is 2.10. The quantitative estimate of drug-likeness (QED) is 0.872. The van der Waals surface area contributed by atoms with Crippen LogP contribution < -0.4 is 4.90 Å². The Hall–Kier alpha value is -2.41. The van der Waals surface area contributed by atoms with Crippen LogP contribution in [0.1, 0.15) is 29.9 Å². The monoisotopic (exact) mass is 334 g/mol. The number of anilines is 1. The third kappa shape index (κ3) is 4.79. The van der Waals surface area contributed by atoms with E-state index in [1.807, 2.05) is 44.2 Å². The number of thiazole rings is 1. The van der Waals surface area contributed by atoms with Crippen molar-refractivity contribution in [2.45, 2.75) is 20.5 Å². The van der Waals surface area contributed by atoms with Crippen LogP contribution in [-0.4, -0.2) is 28.7 Å². The zero-order valence-electron chi connectivity index (χ0n) is 12.9. The van der Waals surface area contributed by atoms with Gasteiger partial charge < -0.3 is 9.84 Å². The van der Waals surface area contributed by atoms with Gasteiger partial charge in [-0.05, 0) is 11.5 Å². The molecule has 2 rings (SSSR count). The third-order valence-electron chi connectivity index (χ3n) is 2.92. The molecule has 1 aromatic heterocycles. The first-order valence-corrected chi connectivity index (χ1v) is 8.02. The van der Waals surface area contributed by atoms with E-state index in [4.69, 9.17) is 9.84 Å². The summed E-state index contributed by atoms with van der Waals surface area (Å²) in [5.41, 5.74) is 0.810. The van der Waals surface area contributed by atoms with Crippen LogP contribution in [0.15, 0.2) is 35.7 Å². The summed E-state index contributed by atoms with van der Waals surface area (Å²) in [6.45, 7) is 4.48. The largest absolute Gasteiger partial charge is 0.476 e. The molecule has 2 aromatic rings. The van der Waals surface area contributed by atoms with Crippen LogP contribution in [0.25, 0.3) is 0 Å². The SMILES string of the molecule is CC(C)CN(C(=O)OCc1ccccc1)c1nc(C(=O)O)cs1. The second kappa shape index (κ2) is 7.73. The minimum absolute atomic E-state index is 0.0744. The van der Waals surface area contributed by atoms with Crippen molar-refractivity contribution in [3.8, 4) is 0 Å². The average molecular weight is 334 g/mol. The van der Waals surface area contributed by atoms with E-state index in [1.165, 1.54) is 10.3 Å². The number of benzene rings is 1. The van der Waals surface area contributed by atoms with Crippen molar-refractivity contribution >= 4 is 28.5 Å². The van der Waals surface area contributed by atoms with Crippen LogP contribution in [0, 0.1) is 5.92 Å². The summed E-state index contributed by atoms with van der Waals surface area (Å²) in [5.74, 6) is -0.925. The fourth-order valence-corrected chi connectivity index (χ4v) is 2.68. The second-order valence-electron chi connectivity index (χ2n) is 5.37. The van der Waals surface area contributed by atoms with Gasteiger partial charge in [0.25, 0.3) is 0 Å². The molecule has 0 atom stereocenters. The van der Waals surface area contributed by atoms with E-state index in [9.17, 15) is 9.59 Å². The number of aromatic nitrogens is 1. The summed E-state index contributed by atoms with van der Waals surface area (Å²) >= 11 is 1.11. The van der Waals surface area contributed by atoms with Gasteiger partial charge in [-0.1, -0.05) is 44.2 Å². The van der Waals surface area contributed by atoms with Crippen LogP contribution in [0.4, 0.5) is 9.93 Å². The molecule has 0 aliphatic heterocycles. The van der Waals surface area contributed by atoms with Crippen molar-refractivity contribution in [1.29, 1.82) is 0 Å². The van der Waals surface area contributed by atoms with E-state index >= 15 is 0 Å². The molecule has 0 aliphatic rings. The molecule has 0 spiro atoms. The Morgan fingerprint density at radius 2 is 2.00 bits per heavy atom. The summed E-state index contributed by atoms with van der Waals surface area (Å²) in [5, 5.41) is 10.7. The zero-order chi connectivity index (χ0) is 16.8. The second-order valence-corrected chi connectivity index (χ2v) is 6.20. The van der Waals surface area contributed by atoms with E-state index in [2.05, 4.69) is 4.98 Å². The summed E-state index contributed by atoms with van der Waals surface area (Å²) in [6.07, 6.45) is -0.533. The molecule has 1 amide bonds. The Morgan fingerprint density at radius 3 is 2.57 bits per heavy atom. The number of nitrogens with zero attached hydrogens (tertiary/aromatic N) is 2. The summed E-state index contributed by atoms with van der Waals surface area (Å²) in [4.78, 5) is 28.7. The number of hydrogen-bond donors (Lipinski definition) is 1. The maximum atomic E-state index is 12.4. The van der Waals surface area contributed by atoms with E-state index in [0.29, 0.717) is 11.7 Å². The standard InChI is InChI=1S/C16H18N2O4S/c1-11(2)8-18(15-17-13(10-23-15)14(19)20)16(21)22-9-12-6-4-3-5-7-12/h3-7,10-11H,8-9H2,1-2H3,(H,19,20). The van der Waals surface area contributed by atoms with E-state index < -0.39 is 12.1 Å². The highest BCUT2D eigenvalue weighted by atomic mass is 32.1. The number of carbonyl (C=O) groups excluding carboxylic acids is 1. The first-order valence-electron chi connectivity index (χ1n) is 7.14. The minimum atomic E-state index is -1.12. The average Bonchev–Trinajstić information content (AvgIpc) is 3.01. The first kappa shape index (κ1) is 17.0. The maximum Gasteiger partial charge on any atom is 0.416 e. The Bertz CT molecular complexity index is 670. The number of amides is 1. The highest BCUT2D eigenvalue weighted by Gasteiger charge is 2.23. The molecule has 7 heteroatoms. The van der Waals surface area contributed by atoms with Gasteiger partial charge in [0.1, 0.15) is 6.61 Å². The third-order valence-corrected chi connectivity index (χ3v) is 3.78. The van der Waals surface area contributed by atoms with Crippen molar-refractivity contribution in [2.24, 2.45) is 5.92 Å². The van der Waals surface area contributed by atoms with Crippen molar-refractivity contribution in [3.05, 3.63) is 47.0 Å². The number of ether oxygens (including phenoxy) is 1. The Labute approximate surface area is 138 Å². The predicted octanol–water partition coefficient (Wildman–Crippen LogP) is 3.64. The summed E-state index contributed by atoms with van der Waals surface area (Å²) in [6, 6.07) is 9.36. The molecule has 1 heterocycles. The van der Waals surface area contributed by atoms with Crippen molar-refractivity contribution in [3.63, 3.8) is 0 Å². The van der Waals surface area contributed by atoms with E-state index in [1.54, 1.807) is 0 Å². The molecule has 122 valence electrons. The predicted molar refractivity (Wildman–Crippen MR) is 87.9 cm³/mol. The number of rotatable bonds is 6. The molecule has 0 unspecified atom stereocenters. The molecule has 0 aliphatic carbocycles. The van der Waals surface area contributed by atoms with Crippen molar-refractivity contribution in [1.82, 2.24) is 4.98 Å². The zero-order valence-corrected chi connectivity index (χ0v) is 13.7. The normalized spacial score (nSPS) is 10.6. The molecular formula is C16H18N2O4S. The number of carboxylic acids is 1. The summed E-state index contributed by atoms with van der Waals surface area (Å²) in [7, 11) is 0. The Kier molecular flexibility index (Phi) is 5.70. The lowest BCUT2D eigenvalue weighted by Crippen LogP contribution is -2.34. The maximum absolute atomic E-state index is 12.4. The van der Waals surface area contributed by atoms with Crippen LogP contribution in [-0.2, 0) is 11.3 Å². The number of aromatic carboxylic acids is 1. The van der Waals surface area contributed by atoms with Crippen LogP contribution in [0.3, 0.4) is 0 Å². The van der Waals surface area contributed by atoms with Crippen molar-refractivity contribution < 1.29 is 19.4 Å². The molecule has 23 heavy (non-hydrogen) atoms. The molecule has 1 N–H and O–H groups in total. The summed E-state index contributed by atoms with van der Waals surface area (Å²) < 4.78 is 5.32. The van der Waals surface area contributed by atoms with Crippen molar-refractivity contribution in [2.75, 3.05) is 11.4 Å². The van der Waals surface area contributed by atoms with Crippen LogP contribution in [0.5, 0.6) is 0 Å². The van der Waals surface area contributed by atoms with Gasteiger partial charge in [-0.15, -0.1) is 11.3 Å². The fourth-order valence-electron chi connectivity index (χ4n) is 1.88. The first-order chi connectivity index (χ1) is 11.0. The number of carboxylic acid groups (broad SMARTS) is 1. The molecular weight excluding hydrogens is 316 g/mol. The molecule has 1 aromatic carbocycles. The molecule has 0 saturated carbocycles. The molecule has 0 radical (unpaired) electrons. The van der Waals surface area contributed by atoms with Crippen LogP contribution in [0.2, 0.25) is 0 Å². The highest BCUT2D eigenvalue weighted by molar-refractivity contribution is 7.14. The number of carbonyl (C=O) groups is 2. The van der Waals surface area contributed by atoms with Crippen LogP contribution >= 0.6 is 11.3 Å². The van der Waals surface area contributed by atoms with Gasteiger partial charge in [-0.25, -0.2) is 14.6 Å². The molecule has 0 saturated heterocycles. The number of hydrogen-bond acceptors (Lipinski definition) is 5. The lowest BCUT2D eigenvalue weighted by Gasteiger charge is -2.21. The Morgan fingerprint density at radius 1 is 1.30 bits per heavy atom. The van der Waals surface area contributed by atoms with Gasteiger partial charge in [-0.2, -0.15) is 0 Å².